The van der Waals surface area contributed by atoms with E-state index in [9.17, 15) is 9.59 Å². The molecule has 0 amide bonds. The molecular formula is C28H52O4. The molecule has 188 valence electrons. The molecule has 32 heavy (non-hydrogen) atoms. The Morgan fingerprint density at radius 2 is 0.844 bits per heavy atom. The molecule has 0 saturated heterocycles. The van der Waals surface area contributed by atoms with Crippen molar-refractivity contribution in [3.8, 4) is 0 Å². The predicted octanol–water partition coefficient (Wildman–Crippen LogP) is 8.16. The highest BCUT2D eigenvalue weighted by Gasteiger charge is 2.37. The second kappa shape index (κ2) is 20.5. The lowest BCUT2D eigenvalue weighted by Gasteiger charge is -2.28. The summed E-state index contributed by atoms with van der Waals surface area (Å²) in [4.78, 5) is 25.2. The van der Waals surface area contributed by atoms with Crippen LogP contribution in [0.25, 0.3) is 0 Å². The standard InChI is InChI=1S/C28H52O4/c1-3-5-7-9-11-13-15-19-23-31-27(29)25-21-17-18-22-26(25)28(30)32-24-20-16-14-12-10-8-6-4-2/h25-26H,3-24H2,1-2H3. The van der Waals surface area contributed by atoms with E-state index in [1.807, 2.05) is 0 Å². The highest BCUT2D eigenvalue weighted by atomic mass is 16.5. The summed E-state index contributed by atoms with van der Waals surface area (Å²) in [7, 11) is 0. The second-order valence-corrected chi connectivity index (χ2v) is 9.78. The maximum atomic E-state index is 12.6. The molecule has 0 N–H and O–H groups in total. The molecule has 4 heteroatoms. The van der Waals surface area contributed by atoms with Gasteiger partial charge in [-0.25, -0.2) is 0 Å². The number of carbonyl (C=O) groups excluding carboxylic acids is 2. The highest BCUT2D eigenvalue weighted by Crippen LogP contribution is 2.32. The number of hydrogen-bond donors (Lipinski definition) is 0. The van der Waals surface area contributed by atoms with E-state index in [-0.39, 0.29) is 23.8 Å². The Morgan fingerprint density at radius 1 is 0.531 bits per heavy atom. The molecule has 1 fully saturated rings. The molecule has 2 atom stereocenters. The number of esters is 2. The minimum Gasteiger partial charge on any atom is -0.465 e. The number of carbonyl (C=O) groups is 2. The number of unbranched alkanes of at least 4 members (excludes halogenated alkanes) is 14. The van der Waals surface area contributed by atoms with Gasteiger partial charge in [-0.3, -0.25) is 9.59 Å². The van der Waals surface area contributed by atoms with Gasteiger partial charge in [-0.05, 0) is 25.7 Å². The first-order chi connectivity index (χ1) is 15.7. The quantitative estimate of drug-likeness (QED) is 0.138. The van der Waals surface area contributed by atoms with Crippen LogP contribution in [0.1, 0.15) is 142 Å². The van der Waals surface area contributed by atoms with Crippen LogP contribution < -0.4 is 0 Å². The van der Waals surface area contributed by atoms with Gasteiger partial charge in [-0.2, -0.15) is 0 Å². The number of hydrogen-bond acceptors (Lipinski definition) is 4. The van der Waals surface area contributed by atoms with Crippen LogP contribution >= 0.6 is 0 Å². The molecule has 2 unspecified atom stereocenters. The van der Waals surface area contributed by atoms with E-state index in [1.54, 1.807) is 0 Å². The normalized spacial score (nSPS) is 18.4. The van der Waals surface area contributed by atoms with Gasteiger partial charge < -0.3 is 9.47 Å². The van der Waals surface area contributed by atoms with Gasteiger partial charge in [0.1, 0.15) is 0 Å². The molecular weight excluding hydrogens is 400 g/mol. The lowest BCUT2D eigenvalue weighted by Crippen LogP contribution is -2.35. The minimum atomic E-state index is -0.302. The van der Waals surface area contributed by atoms with Gasteiger partial charge in [-0.1, -0.05) is 117 Å². The van der Waals surface area contributed by atoms with Crippen LogP contribution in [0.4, 0.5) is 0 Å². The largest absolute Gasteiger partial charge is 0.465 e. The van der Waals surface area contributed by atoms with Crippen LogP contribution in [-0.2, 0) is 19.1 Å². The van der Waals surface area contributed by atoms with Gasteiger partial charge in [0.25, 0.3) is 0 Å². The molecule has 0 spiro atoms. The third-order valence-electron chi connectivity index (χ3n) is 6.86. The summed E-state index contributed by atoms with van der Waals surface area (Å²) in [6.45, 7) is 5.46. The van der Waals surface area contributed by atoms with Crippen LogP contribution in [0, 0.1) is 11.8 Å². The molecule has 0 heterocycles. The van der Waals surface area contributed by atoms with E-state index in [1.165, 1.54) is 77.0 Å². The molecule has 1 aliphatic carbocycles. The first-order valence-corrected chi connectivity index (χ1v) is 14.0. The Balaban J connectivity index is 2.15. The van der Waals surface area contributed by atoms with Crippen molar-refractivity contribution in [1.29, 1.82) is 0 Å². The Hall–Kier alpha value is -1.06. The van der Waals surface area contributed by atoms with Crippen molar-refractivity contribution in [3.63, 3.8) is 0 Å². The van der Waals surface area contributed by atoms with E-state index in [0.717, 1.165) is 51.4 Å². The van der Waals surface area contributed by atoms with E-state index in [2.05, 4.69) is 13.8 Å². The third kappa shape index (κ3) is 14.2. The molecule has 0 radical (unpaired) electrons. The molecule has 0 aromatic rings. The summed E-state index contributed by atoms with van der Waals surface area (Å²) in [6, 6.07) is 0. The summed E-state index contributed by atoms with van der Waals surface area (Å²) in [6.07, 6.45) is 23.2. The molecule has 0 aromatic heterocycles. The lowest BCUT2D eigenvalue weighted by molar-refractivity contribution is -0.163. The zero-order valence-corrected chi connectivity index (χ0v) is 21.3. The smallest absolute Gasteiger partial charge is 0.309 e. The van der Waals surface area contributed by atoms with Gasteiger partial charge in [0.15, 0.2) is 0 Å². The van der Waals surface area contributed by atoms with E-state index in [0.29, 0.717) is 13.2 Å². The fourth-order valence-corrected chi connectivity index (χ4v) is 4.73. The lowest BCUT2D eigenvalue weighted by atomic mass is 9.79. The van der Waals surface area contributed by atoms with Crippen LogP contribution in [0.5, 0.6) is 0 Å². The maximum absolute atomic E-state index is 12.6. The van der Waals surface area contributed by atoms with Crippen LogP contribution in [0.15, 0.2) is 0 Å². The van der Waals surface area contributed by atoms with Crippen molar-refractivity contribution in [2.24, 2.45) is 11.8 Å². The van der Waals surface area contributed by atoms with Crippen LogP contribution in [0.3, 0.4) is 0 Å². The summed E-state index contributed by atoms with van der Waals surface area (Å²) >= 11 is 0. The van der Waals surface area contributed by atoms with Crippen LogP contribution in [0.2, 0.25) is 0 Å². The van der Waals surface area contributed by atoms with Crippen molar-refractivity contribution >= 4 is 11.9 Å². The van der Waals surface area contributed by atoms with Gasteiger partial charge >= 0.3 is 11.9 Å². The molecule has 0 aliphatic heterocycles. The Labute approximate surface area is 198 Å². The zero-order valence-electron chi connectivity index (χ0n) is 21.3. The second-order valence-electron chi connectivity index (χ2n) is 9.78. The Morgan fingerprint density at radius 3 is 1.19 bits per heavy atom. The Bertz CT molecular complexity index is 420. The maximum Gasteiger partial charge on any atom is 0.309 e. The van der Waals surface area contributed by atoms with Crippen LogP contribution in [-0.4, -0.2) is 25.2 Å². The van der Waals surface area contributed by atoms with Gasteiger partial charge in [0.05, 0.1) is 25.0 Å². The van der Waals surface area contributed by atoms with Crippen molar-refractivity contribution in [2.75, 3.05) is 13.2 Å². The molecule has 1 aliphatic rings. The molecule has 0 bridgehead atoms. The zero-order chi connectivity index (χ0) is 23.3. The number of ether oxygens (including phenoxy) is 2. The SMILES string of the molecule is CCCCCCCCCCOC(=O)C1CCCCC1C(=O)OCCCCCCCCCC. The third-order valence-corrected chi connectivity index (χ3v) is 6.86. The fraction of sp³-hybridized carbons (Fsp3) is 0.929. The summed E-state index contributed by atoms with van der Waals surface area (Å²) in [5, 5.41) is 0. The number of rotatable bonds is 20. The highest BCUT2D eigenvalue weighted by molar-refractivity contribution is 5.82. The minimum absolute atomic E-state index is 0.179. The molecule has 1 saturated carbocycles. The van der Waals surface area contributed by atoms with Gasteiger partial charge in [-0.15, -0.1) is 0 Å². The molecule has 0 aromatic carbocycles. The van der Waals surface area contributed by atoms with E-state index >= 15 is 0 Å². The average Bonchev–Trinajstić information content (AvgIpc) is 2.81. The van der Waals surface area contributed by atoms with Crippen molar-refractivity contribution in [3.05, 3.63) is 0 Å². The van der Waals surface area contributed by atoms with Gasteiger partial charge in [0.2, 0.25) is 0 Å². The first-order valence-electron chi connectivity index (χ1n) is 14.0. The summed E-state index contributed by atoms with van der Waals surface area (Å²) in [5.74, 6) is -0.962. The molecule has 4 nitrogen and oxygen atoms in total. The van der Waals surface area contributed by atoms with E-state index < -0.39 is 0 Å². The van der Waals surface area contributed by atoms with Gasteiger partial charge in [0, 0.05) is 0 Å². The molecule has 1 rings (SSSR count). The topological polar surface area (TPSA) is 52.6 Å². The van der Waals surface area contributed by atoms with Crippen molar-refractivity contribution in [1.82, 2.24) is 0 Å². The predicted molar refractivity (Wildman–Crippen MR) is 133 cm³/mol. The van der Waals surface area contributed by atoms with E-state index in [4.69, 9.17) is 9.47 Å². The average molecular weight is 453 g/mol. The fourth-order valence-electron chi connectivity index (χ4n) is 4.73. The summed E-state index contributed by atoms with van der Waals surface area (Å²) in [5.41, 5.74) is 0. The Kier molecular flexibility index (Phi) is 18.6. The summed E-state index contributed by atoms with van der Waals surface area (Å²) < 4.78 is 11.1. The first kappa shape index (κ1) is 29.0. The van der Waals surface area contributed by atoms with Crippen molar-refractivity contribution < 1.29 is 19.1 Å². The monoisotopic (exact) mass is 452 g/mol. The van der Waals surface area contributed by atoms with Crippen molar-refractivity contribution in [2.45, 2.75) is 142 Å².